The van der Waals surface area contributed by atoms with Crippen molar-refractivity contribution in [2.24, 2.45) is 11.3 Å². The third-order valence-electron chi connectivity index (χ3n) is 5.38. The summed E-state index contributed by atoms with van der Waals surface area (Å²) in [7, 11) is 0. The van der Waals surface area contributed by atoms with Crippen LogP contribution in [-0.2, 0) is 4.79 Å². The van der Waals surface area contributed by atoms with Crippen LogP contribution in [0.5, 0.6) is 0 Å². The van der Waals surface area contributed by atoms with Crippen molar-refractivity contribution in [3.8, 4) is 11.4 Å². The maximum atomic E-state index is 11.9. The Morgan fingerprint density at radius 3 is 3.00 bits per heavy atom. The van der Waals surface area contributed by atoms with E-state index >= 15 is 0 Å². The van der Waals surface area contributed by atoms with Crippen molar-refractivity contribution in [2.75, 3.05) is 18.0 Å². The first-order valence-electron chi connectivity index (χ1n) is 8.33. The van der Waals surface area contributed by atoms with Crippen molar-refractivity contribution in [1.29, 1.82) is 0 Å². The molecule has 124 valence electrons. The third kappa shape index (κ3) is 2.33. The standard InChI is InChI=1S/C18H20N4O2/c1-12-8-15(21-16(20-12)13-4-3-7-19-9-13)22-10-14-5-2-6-18(14,11-22)17(23)24/h3-4,7-9,14H,2,5-6,10-11H2,1H3,(H,23,24)/t14-,18+/m0/s1. The maximum Gasteiger partial charge on any atom is 0.311 e. The zero-order valence-electron chi connectivity index (χ0n) is 13.6. The first kappa shape index (κ1) is 15.1. The lowest BCUT2D eigenvalue weighted by Gasteiger charge is -2.24. The van der Waals surface area contributed by atoms with E-state index in [9.17, 15) is 9.90 Å². The van der Waals surface area contributed by atoms with Crippen molar-refractivity contribution in [3.63, 3.8) is 0 Å². The normalized spacial score (nSPS) is 25.7. The van der Waals surface area contributed by atoms with E-state index in [1.165, 1.54) is 0 Å². The average molecular weight is 324 g/mol. The number of carboxylic acids is 1. The molecule has 2 aliphatic rings. The van der Waals surface area contributed by atoms with Crippen molar-refractivity contribution < 1.29 is 9.90 Å². The number of aromatic nitrogens is 3. The number of pyridine rings is 1. The van der Waals surface area contributed by atoms with Gasteiger partial charge in [-0.2, -0.15) is 0 Å². The number of anilines is 1. The average Bonchev–Trinajstić information content (AvgIpc) is 3.13. The van der Waals surface area contributed by atoms with E-state index in [2.05, 4.69) is 19.9 Å². The first-order valence-corrected chi connectivity index (χ1v) is 8.33. The molecule has 0 unspecified atom stereocenters. The highest BCUT2D eigenvalue weighted by molar-refractivity contribution is 5.78. The Balaban J connectivity index is 1.69. The van der Waals surface area contributed by atoms with Gasteiger partial charge in [-0.15, -0.1) is 0 Å². The topological polar surface area (TPSA) is 79.2 Å². The van der Waals surface area contributed by atoms with Crippen LogP contribution in [0.3, 0.4) is 0 Å². The van der Waals surface area contributed by atoms with Crippen LogP contribution in [0.15, 0.2) is 30.6 Å². The highest BCUT2D eigenvalue weighted by atomic mass is 16.4. The van der Waals surface area contributed by atoms with Crippen LogP contribution in [0.4, 0.5) is 5.82 Å². The number of aryl methyl sites for hydroxylation is 1. The number of rotatable bonds is 3. The van der Waals surface area contributed by atoms with E-state index in [0.717, 1.165) is 42.9 Å². The molecule has 6 heteroatoms. The Morgan fingerprint density at radius 2 is 2.29 bits per heavy atom. The minimum absolute atomic E-state index is 0.215. The Kier molecular flexibility index (Phi) is 3.48. The van der Waals surface area contributed by atoms with Gasteiger partial charge in [0.2, 0.25) is 0 Å². The predicted molar refractivity (Wildman–Crippen MR) is 89.6 cm³/mol. The number of hydrogen-bond acceptors (Lipinski definition) is 5. The summed E-state index contributed by atoms with van der Waals surface area (Å²) in [4.78, 5) is 27.3. The molecule has 2 fully saturated rings. The van der Waals surface area contributed by atoms with Crippen LogP contribution in [0, 0.1) is 18.3 Å². The Hall–Kier alpha value is -2.50. The summed E-state index contributed by atoms with van der Waals surface area (Å²) < 4.78 is 0. The van der Waals surface area contributed by atoms with Crippen molar-refractivity contribution in [2.45, 2.75) is 26.2 Å². The summed E-state index contributed by atoms with van der Waals surface area (Å²) in [6.07, 6.45) is 6.23. The van der Waals surface area contributed by atoms with Gasteiger partial charge in [-0.25, -0.2) is 9.97 Å². The summed E-state index contributed by atoms with van der Waals surface area (Å²) in [5.41, 5.74) is 1.14. The second-order valence-electron chi connectivity index (χ2n) is 6.86. The Morgan fingerprint density at radius 1 is 1.42 bits per heavy atom. The van der Waals surface area contributed by atoms with E-state index in [4.69, 9.17) is 0 Å². The molecule has 0 amide bonds. The SMILES string of the molecule is Cc1cc(N2C[C@@H]3CCC[C@@]3(C(=O)O)C2)nc(-c2cccnc2)n1. The molecule has 0 aromatic carbocycles. The number of fused-ring (bicyclic) bond motifs is 1. The molecule has 3 heterocycles. The molecule has 1 saturated carbocycles. The predicted octanol–water partition coefficient (Wildman–Crippen LogP) is 2.54. The molecular formula is C18H20N4O2. The maximum absolute atomic E-state index is 11.9. The van der Waals surface area contributed by atoms with Gasteiger partial charge in [-0.1, -0.05) is 6.42 Å². The molecule has 24 heavy (non-hydrogen) atoms. The van der Waals surface area contributed by atoms with Crippen LogP contribution >= 0.6 is 0 Å². The van der Waals surface area contributed by atoms with Crippen molar-refractivity contribution in [1.82, 2.24) is 15.0 Å². The molecule has 1 saturated heterocycles. The lowest BCUT2D eigenvalue weighted by atomic mass is 9.81. The molecule has 2 aromatic heterocycles. The fraction of sp³-hybridized carbons (Fsp3) is 0.444. The monoisotopic (exact) mass is 324 g/mol. The van der Waals surface area contributed by atoms with Gasteiger partial charge in [0.25, 0.3) is 0 Å². The summed E-state index contributed by atoms with van der Waals surface area (Å²) >= 11 is 0. The summed E-state index contributed by atoms with van der Waals surface area (Å²) in [6.45, 7) is 3.24. The number of carbonyl (C=O) groups is 1. The van der Waals surface area contributed by atoms with E-state index in [1.54, 1.807) is 12.4 Å². The zero-order valence-corrected chi connectivity index (χ0v) is 13.6. The van der Waals surface area contributed by atoms with E-state index in [0.29, 0.717) is 12.4 Å². The second kappa shape index (κ2) is 5.54. The smallest absolute Gasteiger partial charge is 0.311 e. The lowest BCUT2D eigenvalue weighted by molar-refractivity contribution is -0.149. The summed E-state index contributed by atoms with van der Waals surface area (Å²) in [6, 6.07) is 5.74. The molecule has 6 nitrogen and oxygen atoms in total. The van der Waals surface area contributed by atoms with Gasteiger partial charge < -0.3 is 10.0 Å². The highest BCUT2D eigenvalue weighted by Crippen LogP contribution is 2.49. The van der Waals surface area contributed by atoms with E-state index in [1.807, 2.05) is 25.1 Å². The lowest BCUT2D eigenvalue weighted by Crippen LogP contribution is -2.35. The van der Waals surface area contributed by atoms with Crippen LogP contribution in [-0.4, -0.2) is 39.1 Å². The van der Waals surface area contributed by atoms with Crippen LogP contribution < -0.4 is 4.90 Å². The summed E-state index contributed by atoms with van der Waals surface area (Å²) in [5, 5.41) is 9.76. The van der Waals surface area contributed by atoms with Crippen molar-refractivity contribution in [3.05, 3.63) is 36.3 Å². The Bertz CT molecular complexity index is 780. The quantitative estimate of drug-likeness (QED) is 0.934. The molecule has 1 aliphatic heterocycles. The third-order valence-corrected chi connectivity index (χ3v) is 5.38. The molecule has 1 N–H and O–H groups in total. The van der Waals surface area contributed by atoms with Crippen LogP contribution in [0.1, 0.15) is 25.0 Å². The van der Waals surface area contributed by atoms with Gasteiger partial charge in [0, 0.05) is 42.8 Å². The summed E-state index contributed by atoms with van der Waals surface area (Å²) in [5.74, 6) is 1.01. The van der Waals surface area contributed by atoms with Crippen LogP contribution in [0.25, 0.3) is 11.4 Å². The van der Waals surface area contributed by atoms with Gasteiger partial charge in [0.15, 0.2) is 5.82 Å². The number of aliphatic carboxylic acids is 1. The number of hydrogen-bond donors (Lipinski definition) is 1. The highest BCUT2D eigenvalue weighted by Gasteiger charge is 2.55. The molecule has 2 atom stereocenters. The number of nitrogens with zero attached hydrogens (tertiary/aromatic N) is 4. The molecule has 4 rings (SSSR count). The zero-order chi connectivity index (χ0) is 16.7. The van der Waals surface area contributed by atoms with Crippen molar-refractivity contribution >= 4 is 11.8 Å². The van der Waals surface area contributed by atoms with Crippen LogP contribution in [0.2, 0.25) is 0 Å². The van der Waals surface area contributed by atoms with Gasteiger partial charge in [-0.3, -0.25) is 9.78 Å². The molecular weight excluding hydrogens is 304 g/mol. The molecule has 0 bridgehead atoms. The number of carboxylic acid groups (broad SMARTS) is 1. The molecule has 0 radical (unpaired) electrons. The van der Waals surface area contributed by atoms with Gasteiger partial charge in [-0.05, 0) is 37.8 Å². The Labute approximate surface area is 140 Å². The molecule has 0 spiro atoms. The largest absolute Gasteiger partial charge is 0.481 e. The minimum atomic E-state index is -0.661. The van der Waals surface area contributed by atoms with Gasteiger partial charge >= 0.3 is 5.97 Å². The second-order valence-corrected chi connectivity index (χ2v) is 6.86. The van der Waals surface area contributed by atoms with Gasteiger partial charge in [0.05, 0.1) is 5.41 Å². The fourth-order valence-corrected chi connectivity index (χ4v) is 4.15. The minimum Gasteiger partial charge on any atom is -0.481 e. The first-order chi connectivity index (χ1) is 11.6. The fourth-order valence-electron chi connectivity index (χ4n) is 4.15. The van der Waals surface area contributed by atoms with E-state index < -0.39 is 11.4 Å². The molecule has 1 aliphatic carbocycles. The van der Waals surface area contributed by atoms with E-state index in [-0.39, 0.29) is 5.92 Å². The molecule has 2 aromatic rings. The van der Waals surface area contributed by atoms with Gasteiger partial charge in [0.1, 0.15) is 5.82 Å².